The minimum Gasteiger partial charge on any atom is -0.381 e. The minimum absolute atomic E-state index is 0.299. The van der Waals surface area contributed by atoms with Gasteiger partial charge >= 0.3 is 0 Å². The molecule has 0 bridgehead atoms. The fourth-order valence-electron chi connectivity index (χ4n) is 2.53. The van der Waals surface area contributed by atoms with Gasteiger partial charge in [-0.3, -0.25) is 0 Å². The van der Waals surface area contributed by atoms with E-state index in [1.54, 1.807) is 0 Å². The third-order valence-electron chi connectivity index (χ3n) is 3.79. The number of ether oxygens (including phenoxy) is 1. The third-order valence-corrected chi connectivity index (χ3v) is 3.79. The first-order chi connectivity index (χ1) is 8.65. The van der Waals surface area contributed by atoms with Crippen LogP contribution in [-0.4, -0.2) is 44.2 Å². The second-order valence-corrected chi connectivity index (χ2v) is 5.26. The van der Waals surface area contributed by atoms with Crippen molar-refractivity contribution in [2.75, 3.05) is 32.8 Å². The fraction of sp³-hybridized carbons (Fsp3) is 1.00. The molecule has 1 atom stereocenters. The molecule has 1 heterocycles. The van der Waals surface area contributed by atoms with Crippen LogP contribution in [0.4, 0.5) is 8.78 Å². The number of rotatable bonds is 6. The number of hydrogen-bond acceptors (Lipinski definition) is 2. The van der Waals surface area contributed by atoms with E-state index >= 15 is 0 Å². The standard InChI is InChI=1S/C12H21F2NO.C2H6/c1-2-16-9-12(4-5-12)8-15-6-3-10(7-15)11(13)14;1-2/h10-11H,2-9H2,1H3;1-2H3. The van der Waals surface area contributed by atoms with Crippen LogP contribution >= 0.6 is 0 Å². The van der Waals surface area contributed by atoms with Crippen molar-refractivity contribution >= 4 is 0 Å². The molecular formula is C14H27F2NO. The minimum atomic E-state index is -2.15. The molecule has 1 aliphatic carbocycles. The van der Waals surface area contributed by atoms with Gasteiger partial charge in [0.2, 0.25) is 6.43 Å². The molecule has 0 radical (unpaired) electrons. The van der Waals surface area contributed by atoms with Gasteiger partial charge in [-0.2, -0.15) is 0 Å². The molecule has 2 rings (SSSR count). The summed E-state index contributed by atoms with van der Waals surface area (Å²) in [6, 6.07) is 0. The van der Waals surface area contributed by atoms with E-state index in [4.69, 9.17) is 4.74 Å². The van der Waals surface area contributed by atoms with E-state index in [2.05, 4.69) is 4.90 Å². The van der Waals surface area contributed by atoms with Crippen LogP contribution in [0.3, 0.4) is 0 Å². The number of hydrogen-bond donors (Lipinski definition) is 0. The summed E-state index contributed by atoms with van der Waals surface area (Å²) in [4.78, 5) is 2.20. The Balaban J connectivity index is 0.000000771. The summed E-state index contributed by atoms with van der Waals surface area (Å²) in [6.07, 6.45) is 0.903. The maximum Gasteiger partial charge on any atom is 0.242 e. The first-order valence-corrected chi connectivity index (χ1v) is 7.23. The molecule has 0 aromatic rings. The molecule has 0 amide bonds. The molecule has 1 aliphatic heterocycles. The molecule has 108 valence electrons. The first-order valence-electron chi connectivity index (χ1n) is 7.23. The van der Waals surface area contributed by atoms with Crippen LogP contribution in [0.15, 0.2) is 0 Å². The van der Waals surface area contributed by atoms with Gasteiger partial charge in [0.1, 0.15) is 0 Å². The molecule has 2 fully saturated rings. The predicted molar refractivity (Wildman–Crippen MR) is 70.1 cm³/mol. The van der Waals surface area contributed by atoms with Crippen molar-refractivity contribution < 1.29 is 13.5 Å². The van der Waals surface area contributed by atoms with E-state index in [1.165, 1.54) is 12.8 Å². The molecule has 18 heavy (non-hydrogen) atoms. The number of likely N-dealkylation sites (tertiary alicyclic amines) is 1. The van der Waals surface area contributed by atoms with Crippen molar-refractivity contribution in [1.82, 2.24) is 4.90 Å². The zero-order valence-electron chi connectivity index (χ0n) is 11.9. The number of alkyl halides is 2. The number of nitrogens with zero attached hydrogens (tertiary/aromatic N) is 1. The van der Waals surface area contributed by atoms with Gasteiger partial charge in [0, 0.05) is 31.0 Å². The summed E-state index contributed by atoms with van der Waals surface area (Å²) < 4.78 is 30.5. The van der Waals surface area contributed by atoms with Crippen molar-refractivity contribution in [2.24, 2.45) is 11.3 Å². The van der Waals surface area contributed by atoms with Crippen LogP contribution in [0, 0.1) is 11.3 Å². The third kappa shape index (κ3) is 4.47. The Morgan fingerprint density at radius 3 is 2.44 bits per heavy atom. The van der Waals surface area contributed by atoms with Crippen LogP contribution in [-0.2, 0) is 4.74 Å². The summed E-state index contributed by atoms with van der Waals surface area (Å²) in [6.45, 7) is 9.92. The molecule has 1 unspecified atom stereocenters. The second-order valence-electron chi connectivity index (χ2n) is 5.26. The van der Waals surface area contributed by atoms with E-state index in [0.717, 1.165) is 26.3 Å². The molecule has 0 aromatic carbocycles. The van der Waals surface area contributed by atoms with Crippen molar-refractivity contribution in [3.8, 4) is 0 Å². The average Bonchev–Trinajstić information content (AvgIpc) is 2.97. The molecule has 2 aliphatic rings. The van der Waals surface area contributed by atoms with E-state index in [1.807, 2.05) is 20.8 Å². The second kappa shape index (κ2) is 7.39. The van der Waals surface area contributed by atoms with Crippen molar-refractivity contribution in [3.05, 3.63) is 0 Å². The normalized spacial score (nSPS) is 26.0. The Hall–Kier alpha value is -0.220. The molecule has 2 nitrogen and oxygen atoms in total. The highest BCUT2D eigenvalue weighted by Crippen LogP contribution is 2.47. The highest BCUT2D eigenvalue weighted by atomic mass is 19.3. The Bertz CT molecular complexity index is 232. The topological polar surface area (TPSA) is 12.5 Å². The van der Waals surface area contributed by atoms with E-state index in [-0.39, 0.29) is 0 Å². The Morgan fingerprint density at radius 2 is 2.00 bits per heavy atom. The highest BCUT2D eigenvalue weighted by molar-refractivity contribution is 4.96. The number of halogens is 2. The lowest BCUT2D eigenvalue weighted by Gasteiger charge is -2.23. The summed E-state index contributed by atoms with van der Waals surface area (Å²) in [5.41, 5.74) is 0.299. The smallest absolute Gasteiger partial charge is 0.242 e. The monoisotopic (exact) mass is 263 g/mol. The van der Waals surface area contributed by atoms with Gasteiger partial charge in [-0.25, -0.2) is 8.78 Å². The SMILES string of the molecule is CC.CCOCC1(CN2CCC(C(F)F)C2)CC1. The summed E-state index contributed by atoms with van der Waals surface area (Å²) in [5, 5.41) is 0. The summed E-state index contributed by atoms with van der Waals surface area (Å²) in [5.74, 6) is -0.400. The molecule has 0 N–H and O–H groups in total. The maximum absolute atomic E-state index is 12.5. The summed E-state index contributed by atoms with van der Waals surface area (Å²) >= 11 is 0. The van der Waals surface area contributed by atoms with E-state index in [9.17, 15) is 8.78 Å². The fourth-order valence-corrected chi connectivity index (χ4v) is 2.53. The van der Waals surface area contributed by atoms with Crippen LogP contribution in [0.1, 0.15) is 40.0 Å². The van der Waals surface area contributed by atoms with Crippen LogP contribution < -0.4 is 0 Å². The Kier molecular flexibility index (Phi) is 6.50. The van der Waals surface area contributed by atoms with Gasteiger partial charge in [-0.1, -0.05) is 13.8 Å². The van der Waals surface area contributed by atoms with Crippen molar-refractivity contribution in [1.29, 1.82) is 0 Å². The first kappa shape index (κ1) is 15.8. The van der Waals surface area contributed by atoms with Crippen molar-refractivity contribution in [2.45, 2.75) is 46.5 Å². The largest absolute Gasteiger partial charge is 0.381 e. The molecule has 1 saturated carbocycles. The van der Waals surface area contributed by atoms with Gasteiger partial charge in [0.25, 0.3) is 0 Å². The van der Waals surface area contributed by atoms with Gasteiger partial charge < -0.3 is 9.64 Å². The van der Waals surface area contributed by atoms with Crippen LogP contribution in [0.5, 0.6) is 0 Å². The zero-order chi connectivity index (χ0) is 13.6. The lowest BCUT2D eigenvalue weighted by atomic mass is 10.1. The molecule has 0 spiro atoms. The van der Waals surface area contributed by atoms with Crippen molar-refractivity contribution in [3.63, 3.8) is 0 Å². The summed E-state index contributed by atoms with van der Waals surface area (Å²) in [7, 11) is 0. The average molecular weight is 263 g/mol. The molecular weight excluding hydrogens is 236 g/mol. The van der Waals surface area contributed by atoms with E-state index < -0.39 is 12.3 Å². The lowest BCUT2D eigenvalue weighted by molar-refractivity contribution is 0.0672. The quantitative estimate of drug-likeness (QED) is 0.728. The van der Waals surface area contributed by atoms with Gasteiger partial charge in [-0.15, -0.1) is 0 Å². The molecule has 0 aromatic heterocycles. The Labute approximate surface area is 110 Å². The Morgan fingerprint density at radius 1 is 1.33 bits per heavy atom. The maximum atomic E-state index is 12.5. The van der Waals surface area contributed by atoms with Gasteiger partial charge in [-0.05, 0) is 32.7 Å². The van der Waals surface area contributed by atoms with E-state index in [0.29, 0.717) is 18.4 Å². The van der Waals surface area contributed by atoms with Gasteiger partial charge in [0.15, 0.2) is 0 Å². The molecule has 1 saturated heterocycles. The predicted octanol–water partition coefficient (Wildman–Crippen LogP) is 3.42. The lowest BCUT2D eigenvalue weighted by Crippen LogP contribution is -2.31. The van der Waals surface area contributed by atoms with Crippen LogP contribution in [0.2, 0.25) is 0 Å². The highest BCUT2D eigenvalue weighted by Gasteiger charge is 2.45. The van der Waals surface area contributed by atoms with Gasteiger partial charge in [0.05, 0.1) is 6.61 Å². The van der Waals surface area contributed by atoms with Crippen LogP contribution in [0.25, 0.3) is 0 Å². The zero-order valence-corrected chi connectivity index (χ0v) is 11.9. The molecule has 4 heteroatoms.